The molecule has 1 aliphatic rings. The molecule has 4 rings (SSSR count). The van der Waals surface area contributed by atoms with Crippen molar-refractivity contribution in [3.8, 4) is 0 Å². The first-order valence-corrected chi connectivity index (χ1v) is 10.6. The van der Waals surface area contributed by atoms with Gasteiger partial charge in [-0.15, -0.1) is 0 Å². The molecule has 158 valence electrons. The number of halogens is 1. The van der Waals surface area contributed by atoms with Crippen LogP contribution in [0.3, 0.4) is 0 Å². The Morgan fingerprint density at radius 2 is 2.03 bits per heavy atom. The van der Waals surface area contributed by atoms with E-state index in [9.17, 15) is 9.59 Å². The van der Waals surface area contributed by atoms with Gasteiger partial charge in [0.1, 0.15) is 5.82 Å². The van der Waals surface area contributed by atoms with Crippen molar-refractivity contribution in [1.29, 1.82) is 0 Å². The first-order valence-electron chi connectivity index (χ1n) is 10.3. The summed E-state index contributed by atoms with van der Waals surface area (Å²) in [6, 6.07) is 12.5. The van der Waals surface area contributed by atoms with Gasteiger partial charge in [0.25, 0.3) is 5.91 Å². The van der Waals surface area contributed by atoms with Gasteiger partial charge in [-0.3, -0.25) is 9.59 Å². The standard InChI is InChI=1S/C24H23ClN4O2/c1-2-23(30)27-20-9-6-17(7-10-20)24(31)29-11-3-4-16(15-29)12-22-26-14-18-5-8-19(25)13-21(18)28-22/h2,5-10,13-14,16H,1,3-4,11-12,15H2,(H,27,30)/t16-/m0/s1. The third-order valence-corrected chi connectivity index (χ3v) is 5.69. The Bertz CT molecular complexity index is 1130. The number of amides is 2. The molecule has 0 bridgehead atoms. The van der Waals surface area contributed by atoms with Crippen LogP contribution in [0.1, 0.15) is 29.0 Å². The number of aromatic nitrogens is 2. The summed E-state index contributed by atoms with van der Waals surface area (Å²) in [5.74, 6) is 0.797. The summed E-state index contributed by atoms with van der Waals surface area (Å²) in [6.45, 7) is 4.84. The molecule has 1 N–H and O–H groups in total. The monoisotopic (exact) mass is 434 g/mol. The second kappa shape index (κ2) is 9.27. The zero-order valence-corrected chi connectivity index (χ0v) is 17.8. The number of carbonyl (C=O) groups is 2. The summed E-state index contributed by atoms with van der Waals surface area (Å²) in [5.41, 5.74) is 2.07. The van der Waals surface area contributed by atoms with Crippen molar-refractivity contribution in [2.24, 2.45) is 5.92 Å². The lowest BCUT2D eigenvalue weighted by Gasteiger charge is -2.32. The molecule has 2 aromatic carbocycles. The Kier molecular flexibility index (Phi) is 6.28. The van der Waals surface area contributed by atoms with E-state index in [0.29, 0.717) is 28.7 Å². The lowest BCUT2D eigenvalue weighted by molar-refractivity contribution is -0.111. The van der Waals surface area contributed by atoms with E-state index >= 15 is 0 Å². The fraction of sp³-hybridized carbons (Fsp3) is 0.250. The van der Waals surface area contributed by atoms with Crippen LogP contribution in [-0.2, 0) is 11.2 Å². The lowest BCUT2D eigenvalue weighted by Crippen LogP contribution is -2.40. The molecule has 0 unspecified atom stereocenters. The number of carbonyl (C=O) groups excluding carboxylic acids is 2. The minimum absolute atomic E-state index is 0.00231. The Balaban J connectivity index is 1.41. The Morgan fingerprint density at radius 1 is 1.23 bits per heavy atom. The first-order chi connectivity index (χ1) is 15.0. The molecule has 2 heterocycles. The zero-order valence-electron chi connectivity index (χ0n) is 17.1. The first kappa shape index (κ1) is 21.0. The molecule has 3 aromatic rings. The second-order valence-electron chi connectivity index (χ2n) is 7.72. The van der Waals surface area contributed by atoms with Gasteiger partial charge < -0.3 is 10.2 Å². The molecular weight excluding hydrogens is 412 g/mol. The number of nitrogens with zero attached hydrogens (tertiary/aromatic N) is 3. The molecule has 0 radical (unpaired) electrons. The van der Waals surface area contributed by atoms with E-state index < -0.39 is 0 Å². The number of hydrogen-bond acceptors (Lipinski definition) is 4. The third-order valence-electron chi connectivity index (χ3n) is 5.46. The Morgan fingerprint density at radius 3 is 2.81 bits per heavy atom. The maximum absolute atomic E-state index is 13.0. The van der Waals surface area contributed by atoms with Crippen LogP contribution in [0.4, 0.5) is 5.69 Å². The highest BCUT2D eigenvalue weighted by atomic mass is 35.5. The molecule has 0 saturated carbocycles. The number of likely N-dealkylation sites (tertiary alicyclic amines) is 1. The predicted octanol–water partition coefficient (Wildman–Crippen LogP) is 4.50. The van der Waals surface area contributed by atoms with Crippen LogP contribution in [-0.4, -0.2) is 39.8 Å². The van der Waals surface area contributed by atoms with E-state index in [2.05, 4.69) is 21.9 Å². The maximum Gasteiger partial charge on any atom is 0.253 e. The molecule has 1 aromatic heterocycles. The highest BCUT2D eigenvalue weighted by molar-refractivity contribution is 6.31. The molecule has 1 atom stereocenters. The van der Waals surface area contributed by atoms with Crippen LogP contribution in [0, 0.1) is 5.92 Å². The van der Waals surface area contributed by atoms with Crippen LogP contribution in [0.5, 0.6) is 0 Å². The van der Waals surface area contributed by atoms with Gasteiger partial charge >= 0.3 is 0 Å². The third kappa shape index (κ3) is 5.09. The molecule has 1 saturated heterocycles. The minimum Gasteiger partial charge on any atom is -0.338 e. The largest absolute Gasteiger partial charge is 0.338 e. The van der Waals surface area contributed by atoms with Crippen molar-refractivity contribution < 1.29 is 9.59 Å². The van der Waals surface area contributed by atoms with Gasteiger partial charge in [-0.1, -0.05) is 18.2 Å². The summed E-state index contributed by atoms with van der Waals surface area (Å²) in [4.78, 5) is 35.4. The number of benzene rings is 2. The predicted molar refractivity (Wildman–Crippen MR) is 122 cm³/mol. The average Bonchev–Trinajstić information content (AvgIpc) is 2.79. The van der Waals surface area contributed by atoms with Crippen LogP contribution in [0.15, 0.2) is 61.3 Å². The molecular formula is C24H23ClN4O2. The van der Waals surface area contributed by atoms with Crippen molar-refractivity contribution in [1.82, 2.24) is 14.9 Å². The van der Waals surface area contributed by atoms with E-state index in [1.165, 1.54) is 6.08 Å². The second-order valence-corrected chi connectivity index (χ2v) is 8.16. The molecule has 0 aliphatic carbocycles. The summed E-state index contributed by atoms with van der Waals surface area (Å²) < 4.78 is 0. The van der Waals surface area contributed by atoms with Crippen LogP contribution >= 0.6 is 11.6 Å². The van der Waals surface area contributed by atoms with E-state index in [0.717, 1.165) is 42.5 Å². The zero-order chi connectivity index (χ0) is 21.8. The Labute approximate surface area is 185 Å². The highest BCUT2D eigenvalue weighted by Gasteiger charge is 2.25. The van der Waals surface area contributed by atoms with E-state index in [1.807, 2.05) is 29.3 Å². The van der Waals surface area contributed by atoms with Crippen molar-refractivity contribution in [2.75, 3.05) is 18.4 Å². The van der Waals surface area contributed by atoms with Gasteiger partial charge in [-0.05, 0) is 67.3 Å². The number of hydrogen-bond donors (Lipinski definition) is 1. The molecule has 6 nitrogen and oxygen atoms in total. The van der Waals surface area contributed by atoms with Gasteiger partial charge in [-0.2, -0.15) is 0 Å². The molecule has 0 spiro atoms. The number of anilines is 1. The SMILES string of the molecule is C=CC(=O)Nc1ccc(C(=O)N2CCC[C@@H](Cc3ncc4ccc(Cl)cc4n3)C2)cc1. The number of rotatable bonds is 5. The van der Waals surface area contributed by atoms with Crippen molar-refractivity contribution >= 4 is 40.0 Å². The lowest BCUT2D eigenvalue weighted by atomic mass is 9.94. The van der Waals surface area contributed by atoms with Crippen LogP contribution < -0.4 is 5.32 Å². The van der Waals surface area contributed by atoms with Crippen molar-refractivity contribution in [3.63, 3.8) is 0 Å². The van der Waals surface area contributed by atoms with Gasteiger partial charge in [-0.25, -0.2) is 9.97 Å². The maximum atomic E-state index is 13.0. The van der Waals surface area contributed by atoms with Crippen LogP contribution in [0.25, 0.3) is 10.9 Å². The fourth-order valence-corrected chi connectivity index (χ4v) is 4.05. The normalized spacial score (nSPS) is 16.2. The highest BCUT2D eigenvalue weighted by Crippen LogP contribution is 2.23. The van der Waals surface area contributed by atoms with Gasteiger partial charge in [0.05, 0.1) is 5.52 Å². The molecule has 31 heavy (non-hydrogen) atoms. The number of piperidine rings is 1. The number of nitrogens with one attached hydrogen (secondary N) is 1. The molecule has 7 heteroatoms. The smallest absolute Gasteiger partial charge is 0.253 e. The quantitative estimate of drug-likeness (QED) is 0.600. The summed E-state index contributed by atoms with van der Waals surface area (Å²) >= 11 is 6.09. The topological polar surface area (TPSA) is 75.2 Å². The van der Waals surface area contributed by atoms with Crippen LogP contribution in [0.2, 0.25) is 5.02 Å². The summed E-state index contributed by atoms with van der Waals surface area (Å²) in [7, 11) is 0. The van der Waals surface area contributed by atoms with Gasteiger partial charge in [0.2, 0.25) is 5.91 Å². The Hall–Kier alpha value is -3.25. The summed E-state index contributed by atoms with van der Waals surface area (Å²) in [5, 5.41) is 4.30. The number of fused-ring (bicyclic) bond motifs is 1. The molecule has 1 fully saturated rings. The van der Waals surface area contributed by atoms with Crippen molar-refractivity contribution in [3.05, 3.63) is 77.7 Å². The van der Waals surface area contributed by atoms with Gasteiger partial charge in [0, 0.05) is 47.4 Å². The average molecular weight is 435 g/mol. The fourth-order valence-electron chi connectivity index (χ4n) is 3.88. The molecule has 2 amide bonds. The van der Waals surface area contributed by atoms with Crippen molar-refractivity contribution in [2.45, 2.75) is 19.3 Å². The summed E-state index contributed by atoms with van der Waals surface area (Å²) in [6.07, 6.45) is 5.74. The van der Waals surface area contributed by atoms with Gasteiger partial charge in [0.15, 0.2) is 0 Å². The van der Waals surface area contributed by atoms with E-state index in [-0.39, 0.29) is 11.8 Å². The minimum atomic E-state index is -0.281. The molecule has 1 aliphatic heterocycles. The van der Waals surface area contributed by atoms with E-state index in [1.54, 1.807) is 24.3 Å². The van der Waals surface area contributed by atoms with E-state index in [4.69, 9.17) is 11.6 Å².